The standard InChI is InChI=1S/C18H36N2/c1-16(2)19-12-7-3-4-8-13-20-14-11-17-9-5-6-10-18(17)15-20/h16-19H,3-15H2,1-2H3. The first-order valence-corrected chi connectivity index (χ1v) is 9.21. The summed E-state index contributed by atoms with van der Waals surface area (Å²) in [6, 6.07) is 0.645. The summed E-state index contributed by atoms with van der Waals surface area (Å²) in [5, 5.41) is 3.51. The molecule has 0 radical (unpaired) electrons. The van der Waals surface area contributed by atoms with Gasteiger partial charge in [-0.05, 0) is 57.2 Å². The van der Waals surface area contributed by atoms with Gasteiger partial charge in [0.1, 0.15) is 0 Å². The molecule has 2 rings (SSSR count). The molecule has 2 atom stereocenters. The molecule has 1 N–H and O–H groups in total. The predicted molar refractivity (Wildman–Crippen MR) is 88.1 cm³/mol. The van der Waals surface area contributed by atoms with Crippen molar-refractivity contribution in [3.05, 3.63) is 0 Å². The molecule has 1 heterocycles. The van der Waals surface area contributed by atoms with E-state index in [4.69, 9.17) is 0 Å². The van der Waals surface area contributed by atoms with Gasteiger partial charge in [0.2, 0.25) is 0 Å². The largest absolute Gasteiger partial charge is 0.315 e. The molecule has 20 heavy (non-hydrogen) atoms. The number of piperidine rings is 1. The minimum Gasteiger partial charge on any atom is -0.315 e. The van der Waals surface area contributed by atoms with Gasteiger partial charge in [0.25, 0.3) is 0 Å². The molecule has 1 aliphatic carbocycles. The van der Waals surface area contributed by atoms with E-state index < -0.39 is 0 Å². The lowest BCUT2D eigenvalue weighted by molar-refractivity contribution is 0.0856. The SMILES string of the molecule is CC(C)NCCCCCCN1CCC2CCCCC2C1. The topological polar surface area (TPSA) is 15.3 Å². The molecule has 1 aliphatic heterocycles. The van der Waals surface area contributed by atoms with Crippen LogP contribution in [0.3, 0.4) is 0 Å². The van der Waals surface area contributed by atoms with Crippen LogP contribution in [0.15, 0.2) is 0 Å². The second-order valence-electron chi connectivity index (χ2n) is 7.42. The van der Waals surface area contributed by atoms with Crippen LogP contribution in [0.1, 0.15) is 71.6 Å². The summed E-state index contributed by atoms with van der Waals surface area (Å²) >= 11 is 0. The number of nitrogens with one attached hydrogen (secondary N) is 1. The molecule has 0 bridgehead atoms. The van der Waals surface area contributed by atoms with Crippen LogP contribution in [0.25, 0.3) is 0 Å². The van der Waals surface area contributed by atoms with Gasteiger partial charge in [-0.25, -0.2) is 0 Å². The number of unbranched alkanes of at least 4 members (excludes halogenated alkanes) is 3. The number of fused-ring (bicyclic) bond motifs is 1. The predicted octanol–water partition coefficient (Wildman–Crippen LogP) is 4.06. The molecule has 0 spiro atoms. The Hall–Kier alpha value is -0.0800. The lowest BCUT2D eigenvalue weighted by Crippen LogP contribution is -2.42. The van der Waals surface area contributed by atoms with E-state index in [2.05, 4.69) is 24.1 Å². The van der Waals surface area contributed by atoms with Gasteiger partial charge in [-0.2, -0.15) is 0 Å². The van der Waals surface area contributed by atoms with Crippen molar-refractivity contribution in [1.29, 1.82) is 0 Å². The van der Waals surface area contributed by atoms with Gasteiger partial charge in [0.05, 0.1) is 0 Å². The number of rotatable bonds is 8. The molecular weight excluding hydrogens is 244 g/mol. The minimum absolute atomic E-state index is 0.645. The van der Waals surface area contributed by atoms with E-state index in [1.54, 1.807) is 0 Å². The van der Waals surface area contributed by atoms with Gasteiger partial charge >= 0.3 is 0 Å². The van der Waals surface area contributed by atoms with E-state index >= 15 is 0 Å². The monoisotopic (exact) mass is 280 g/mol. The summed E-state index contributed by atoms with van der Waals surface area (Å²) in [4.78, 5) is 2.76. The molecule has 2 aliphatic rings. The number of likely N-dealkylation sites (tertiary alicyclic amines) is 1. The molecule has 2 unspecified atom stereocenters. The van der Waals surface area contributed by atoms with Crippen LogP contribution in [-0.4, -0.2) is 37.1 Å². The zero-order valence-corrected chi connectivity index (χ0v) is 13.9. The third kappa shape index (κ3) is 5.73. The Morgan fingerprint density at radius 1 is 0.950 bits per heavy atom. The normalized spacial score (nSPS) is 27.8. The van der Waals surface area contributed by atoms with E-state index in [0.29, 0.717) is 6.04 Å². The zero-order valence-electron chi connectivity index (χ0n) is 13.9. The Morgan fingerprint density at radius 3 is 2.50 bits per heavy atom. The van der Waals surface area contributed by atoms with Gasteiger partial charge in [0, 0.05) is 12.6 Å². The Balaban J connectivity index is 1.48. The second kappa shape index (κ2) is 9.04. The quantitative estimate of drug-likeness (QED) is 0.675. The van der Waals surface area contributed by atoms with E-state index in [1.165, 1.54) is 84.0 Å². The van der Waals surface area contributed by atoms with E-state index in [1.807, 2.05) is 0 Å². The summed E-state index contributed by atoms with van der Waals surface area (Å²) in [6.07, 6.45) is 13.1. The molecule has 0 amide bonds. The summed E-state index contributed by atoms with van der Waals surface area (Å²) in [6.45, 7) is 9.82. The van der Waals surface area contributed by atoms with E-state index in [9.17, 15) is 0 Å². The average molecular weight is 280 g/mol. The van der Waals surface area contributed by atoms with Crippen molar-refractivity contribution in [2.45, 2.75) is 77.7 Å². The van der Waals surface area contributed by atoms with E-state index in [-0.39, 0.29) is 0 Å². The van der Waals surface area contributed by atoms with Gasteiger partial charge in [-0.15, -0.1) is 0 Å². The molecular formula is C18H36N2. The van der Waals surface area contributed by atoms with Crippen molar-refractivity contribution in [2.75, 3.05) is 26.2 Å². The third-order valence-corrected chi connectivity index (χ3v) is 5.33. The highest BCUT2D eigenvalue weighted by Crippen LogP contribution is 2.35. The molecule has 2 nitrogen and oxygen atoms in total. The van der Waals surface area contributed by atoms with Crippen LogP contribution in [0.5, 0.6) is 0 Å². The number of hydrogen-bond acceptors (Lipinski definition) is 2. The first-order valence-electron chi connectivity index (χ1n) is 9.21. The smallest absolute Gasteiger partial charge is 0.00123 e. The lowest BCUT2D eigenvalue weighted by atomic mass is 9.75. The molecule has 2 fully saturated rings. The fraction of sp³-hybridized carbons (Fsp3) is 1.00. The van der Waals surface area contributed by atoms with Crippen LogP contribution in [0, 0.1) is 11.8 Å². The highest BCUT2D eigenvalue weighted by atomic mass is 15.1. The molecule has 1 saturated carbocycles. The molecule has 118 valence electrons. The molecule has 2 heteroatoms. The molecule has 0 aromatic rings. The van der Waals surface area contributed by atoms with Crippen molar-refractivity contribution in [3.8, 4) is 0 Å². The maximum Gasteiger partial charge on any atom is 0.00123 e. The highest BCUT2D eigenvalue weighted by molar-refractivity contribution is 4.83. The number of nitrogens with zero attached hydrogens (tertiary/aromatic N) is 1. The average Bonchev–Trinajstić information content (AvgIpc) is 2.46. The molecule has 1 saturated heterocycles. The van der Waals surface area contributed by atoms with Gasteiger partial charge in [-0.3, -0.25) is 0 Å². The van der Waals surface area contributed by atoms with Crippen molar-refractivity contribution in [1.82, 2.24) is 10.2 Å². The van der Waals surface area contributed by atoms with Crippen molar-refractivity contribution in [3.63, 3.8) is 0 Å². The second-order valence-corrected chi connectivity index (χ2v) is 7.42. The summed E-state index contributed by atoms with van der Waals surface area (Å²) < 4.78 is 0. The Kier molecular flexibility index (Phi) is 7.37. The van der Waals surface area contributed by atoms with E-state index in [0.717, 1.165) is 11.8 Å². The maximum atomic E-state index is 3.51. The number of hydrogen-bond donors (Lipinski definition) is 1. The van der Waals surface area contributed by atoms with Crippen LogP contribution < -0.4 is 5.32 Å². The van der Waals surface area contributed by atoms with Crippen molar-refractivity contribution >= 4 is 0 Å². The van der Waals surface area contributed by atoms with Crippen LogP contribution >= 0.6 is 0 Å². The first-order chi connectivity index (χ1) is 9.75. The van der Waals surface area contributed by atoms with Crippen LogP contribution in [0.2, 0.25) is 0 Å². The van der Waals surface area contributed by atoms with Crippen molar-refractivity contribution in [2.24, 2.45) is 11.8 Å². The zero-order chi connectivity index (χ0) is 14.2. The Morgan fingerprint density at radius 2 is 1.70 bits per heavy atom. The summed E-state index contributed by atoms with van der Waals surface area (Å²) in [5.74, 6) is 2.13. The lowest BCUT2D eigenvalue weighted by Gasteiger charge is -2.41. The van der Waals surface area contributed by atoms with Crippen LogP contribution in [-0.2, 0) is 0 Å². The fourth-order valence-electron chi connectivity index (χ4n) is 4.08. The fourth-order valence-corrected chi connectivity index (χ4v) is 4.08. The Bertz CT molecular complexity index is 252. The van der Waals surface area contributed by atoms with Gasteiger partial charge < -0.3 is 10.2 Å². The van der Waals surface area contributed by atoms with Gasteiger partial charge in [-0.1, -0.05) is 46.0 Å². The highest BCUT2D eigenvalue weighted by Gasteiger charge is 2.30. The maximum absolute atomic E-state index is 3.51. The van der Waals surface area contributed by atoms with Gasteiger partial charge in [0.15, 0.2) is 0 Å². The van der Waals surface area contributed by atoms with Crippen LogP contribution in [0.4, 0.5) is 0 Å². The summed E-state index contributed by atoms with van der Waals surface area (Å²) in [7, 11) is 0. The summed E-state index contributed by atoms with van der Waals surface area (Å²) in [5.41, 5.74) is 0. The minimum atomic E-state index is 0.645. The third-order valence-electron chi connectivity index (χ3n) is 5.33. The molecule has 0 aromatic heterocycles. The van der Waals surface area contributed by atoms with Crippen molar-refractivity contribution < 1.29 is 0 Å². The molecule has 0 aromatic carbocycles. The first kappa shape index (κ1) is 16.3. The Labute approximate surface area is 126 Å².